The van der Waals surface area contributed by atoms with Gasteiger partial charge in [-0.05, 0) is 47.8 Å². The minimum absolute atomic E-state index is 0.492. The summed E-state index contributed by atoms with van der Waals surface area (Å²) in [5.41, 5.74) is 5.79. The van der Waals surface area contributed by atoms with Gasteiger partial charge in [0, 0.05) is 10.4 Å². The summed E-state index contributed by atoms with van der Waals surface area (Å²) < 4.78 is 2.40. The van der Waals surface area contributed by atoms with Crippen LogP contribution in [0.25, 0.3) is 11.3 Å². The average Bonchev–Trinajstić information content (AvgIpc) is 3.19. The summed E-state index contributed by atoms with van der Waals surface area (Å²) in [6.45, 7) is 0. The Hall–Kier alpha value is -1.87. The van der Waals surface area contributed by atoms with Crippen molar-refractivity contribution in [3.63, 3.8) is 0 Å². The fourth-order valence-electron chi connectivity index (χ4n) is 4.06. The molecule has 2 atom stereocenters. The molecule has 0 saturated carbocycles. The highest BCUT2D eigenvalue weighted by atomic mass is 32.1. The lowest BCUT2D eigenvalue weighted by molar-refractivity contribution is 0.351. The third-order valence-electron chi connectivity index (χ3n) is 5.04. The lowest BCUT2D eigenvalue weighted by Crippen LogP contribution is -2.23. The molecule has 104 valence electrons. The van der Waals surface area contributed by atoms with Crippen molar-refractivity contribution in [2.45, 2.75) is 25.3 Å². The summed E-state index contributed by atoms with van der Waals surface area (Å²) in [5.74, 6) is 0.688. The van der Waals surface area contributed by atoms with Crippen LogP contribution in [0.15, 0.2) is 48.2 Å². The second-order valence-electron chi connectivity index (χ2n) is 6.10. The molecule has 0 amide bonds. The van der Waals surface area contributed by atoms with Gasteiger partial charge >= 0.3 is 0 Å². The second kappa shape index (κ2) is 4.31. The van der Waals surface area contributed by atoms with E-state index in [4.69, 9.17) is 0 Å². The first kappa shape index (κ1) is 11.8. The monoisotopic (exact) mass is 292 g/mol. The van der Waals surface area contributed by atoms with Gasteiger partial charge in [-0.2, -0.15) is 0 Å². The summed E-state index contributed by atoms with van der Waals surface area (Å²) >= 11 is 1.91. The number of hydrogen-bond donors (Lipinski definition) is 0. The molecule has 1 aliphatic carbocycles. The molecule has 3 heterocycles. The van der Waals surface area contributed by atoms with Gasteiger partial charge in [-0.1, -0.05) is 24.3 Å². The van der Waals surface area contributed by atoms with Crippen LogP contribution in [0, 0.1) is 5.92 Å². The quantitative estimate of drug-likeness (QED) is 0.653. The normalized spacial score (nSPS) is 22.7. The molecule has 0 radical (unpaired) electrons. The van der Waals surface area contributed by atoms with E-state index in [1.165, 1.54) is 35.4 Å². The number of aromatic nitrogens is 2. The minimum atomic E-state index is 0.492. The maximum absolute atomic E-state index is 4.38. The van der Waals surface area contributed by atoms with Gasteiger partial charge in [0.25, 0.3) is 0 Å². The van der Waals surface area contributed by atoms with Crippen LogP contribution in [0.1, 0.15) is 28.5 Å². The minimum Gasteiger partial charge on any atom is -0.322 e. The number of rotatable bonds is 1. The van der Waals surface area contributed by atoms with E-state index >= 15 is 0 Å². The van der Waals surface area contributed by atoms with Gasteiger partial charge in [-0.3, -0.25) is 0 Å². The molecule has 21 heavy (non-hydrogen) atoms. The number of aryl methyl sites for hydroxylation is 1. The maximum atomic E-state index is 4.38. The van der Waals surface area contributed by atoms with E-state index in [1.54, 1.807) is 11.1 Å². The molecular weight excluding hydrogens is 276 g/mol. The van der Waals surface area contributed by atoms with Crippen LogP contribution in [0.4, 0.5) is 0 Å². The number of thiophene rings is 1. The topological polar surface area (TPSA) is 17.8 Å². The van der Waals surface area contributed by atoms with Crippen LogP contribution in [-0.2, 0) is 12.8 Å². The standard InChI is InChI=1S/C18H16N2S/c1-2-4-13-9-14(6-5-12(13)3-1)17-18-15(7-8-21-18)16-10-19-11-20(16)17/h1-4,7-8,10-11,14,17H,5-6,9H2/t14-,17?/m1/s1. The van der Waals surface area contributed by atoms with Gasteiger partial charge in [-0.25, -0.2) is 4.98 Å². The van der Waals surface area contributed by atoms with Gasteiger partial charge in [-0.15, -0.1) is 11.3 Å². The van der Waals surface area contributed by atoms with Crippen LogP contribution >= 0.6 is 11.3 Å². The summed E-state index contributed by atoms with van der Waals surface area (Å²) in [6, 6.07) is 11.7. The number of hydrogen-bond acceptors (Lipinski definition) is 2. The first-order valence-electron chi connectivity index (χ1n) is 7.58. The Balaban J connectivity index is 1.58. The molecule has 5 rings (SSSR count). The highest BCUT2D eigenvalue weighted by molar-refractivity contribution is 7.10. The lowest BCUT2D eigenvalue weighted by Gasteiger charge is -2.30. The van der Waals surface area contributed by atoms with Crippen LogP contribution in [0.2, 0.25) is 0 Å². The first-order chi connectivity index (χ1) is 10.4. The zero-order chi connectivity index (χ0) is 13.8. The van der Waals surface area contributed by atoms with E-state index in [0.717, 1.165) is 0 Å². The van der Waals surface area contributed by atoms with Crippen LogP contribution in [-0.4, -0.2) is 9.55 Å². The Morgan fingerprint density at radius 3 is 3.00 bits per heavy atom. The average molecular weight is 292 g/mol. The first-order valence-corrected chi connectivity index (χ1v) is 8.46. The highest BCUT2D eigenvalue weighted by Crippen LogP contribution is 2.48. The molecule has 3 aromatic rings. The SMILES string of the molecule is c1ccc2c(c1)CC[C@@H](C1c3sccc3-c3cncn31)C2. The smallest absolute Gasteiger partial charge is 0.0957 e. The second-order valence-corrected chi connectivity index (χ2v) is 7.05. The fourth-order valence-corrected chi connectivity index (χ4v) is 5.16. The molecule has 0 bridgehead atoms. The largest absolute Gasteiger partial charge is 0.322 e. The van der Waals surface area contributed by atoms with Gasteiger partial charge in [0.2, 0.25) is 0 Å². The van der Waals surface area contributed by atoms with Crippen molar-refractivity contribution in [2.24, 2.45) is 5.92 Å². The van der Waals surface area contributed by atoms with Crippen molar-refractivity contribution in [3.05, 3.63) is 64.2 Å². The molecule has 2 aliphatic rings. The molecular formula is C18H16N2S. The van der Waals surface area contributed by atoms with Crippen molar-refractivity contribution in [1.29, 1.82) is 0 Å². The Morgan fingerprint density at radius 1 is 1.14 bits per heavy atom. The molecule has 2 nitrogen and oxygen atoms in total. The van der Waals surface area contributed by atoms with E-state index in [1.807, 2.05) is 23.9 Å². The number of fused-ring (bicyclic) bond motifs is 4. The highest BCUT2D eigenvalue weighted by Gasteiger charge is 2.36. The number of imidazole rings is 1. The fraction of sp³-hybridized carbons (Fsp3) is 0.278. The summed E-state index contributed by atoms with van der Waals surface area (Å²) in [5, 5.41) is 2.23. The van der Waals surface area contributed by atoms with Gasteiger partial charge in [0.15, 0.2) is 0 Å². The molecule has 0 N–H and O–H groups in total. The van der Waals surface area contributed by atoms with Crippen LogP contribution in [0.3, 0.4) is 0 Å². The molecule has 1 aromatic carbocycles. The summed E-state index contributed by atoms with van der Waals surface area (Å²) in [7, 11) is 0. The van der Waals surface area contributed by atoms with Crippen molar-refractivity contribution in [2.75, 3.05) is 0 Å². The summed E-state index contributed by atoms with van der Waals surface area (Å²) in [6.07, 6.45) is 7.71. The van der Waals surface area contributed by atoms with Crippen molar-refractivity contribution in [3.8, 4) is 11.3 Å². The molecule has 1 aliphatic heterocycles. The van der Waals surface area contributed by atoms with Crippen LogP contribution in [0.5, 0.6) is 0 Å². The summed E-state index contributed by atoms with van der Waals surface area (Å²) in [4.78, 5) is 5.92. The van der Waals surface area contributed by atoms with E-state index in [2.05, 4.69) is 45.3 Å². The molecule has 3 heteroatoms. The molecule has 0 fully saturated rings. The van der Waals surface area contributed by atoms with Crippen molar-refractivity contribution >= 4 is 11.3 Å². The van der Waals surface area contributed by atoms with E-state index in [-0.39, 0.29) is 0 Å². The molecule has 2 aromatic heterocycles. The zero-order valence-corrected chi connectivity index (χ0v) is 12.5. The van der Waals surface area contributed by atoms with E-state index in [9.17, 15) is 0 Å². The number of benzene rings is 1. The third kappa shape index (κ3) is 1.61. The Kier molecular flexibility index (Phi) is 2.41. The molecule has 1 unspecified atom stereocenters. The van der Waals surface area contributed by atoms with Gasteiger partial charge < -0.3 is 4.57 Å². The predicted molar refractivity (Wildman–Crippen MR) is 85.6 cm³/mol. The maximum Gasteiger partial charge on any atom is 0.0957 e. The zero-order valence-electron chi connectivity index (χ0n) is 11.7. The third-order valence-corrected chi connectivity index (χ3v) is 6.02. The molecule has 0 saturated heterocycles. The van der Waals surface area contributed by atoms with E-state index < -0.39 is 0 Å². The van der Waals surface area contributed by atoms with Crippen molar-refractivity contribution < 1.29 is 0 Å². The van der Waals surface area contributed by atoms with Gasteiger partial charge in [0.05, 0.1) is 24.3 Å². The number of nitrogens with zero attached hydrogens (tertiary/aromatic N) is 2. The van der Waals surface area contributed by atoms with E-state index in [0.29, 0.717) is 12.0 Å². The van der Waals surface area contributed by atoms with Crippen molar-refractivity contribution in [1.82, 2.24) is 9.55 Å². The Labute approximate surface area is 128 Å². The lowest BCUT2D eigenvalue weighted by atomic mass is 9.80. The Bertz CT molecular complexity index is 774. The Morgan fingerprint density at radius 2 is 2.05 bits per heavy atom. The van der Waals surface area contributed by atoms with Gasteiger partial charge in [0.1, 0.15) is 0 Å². The predicted octanol–water partition coefficient (Wildman–Crippen LogP) is 4.32. The van der Waals surface area contributed by atoms with Crippen LogP contribution < -0.4 is 0 Å². The molecule has 0 spiro atoms.